The van der Waals surface area contributed by atoms with Gasteiger partial charge >= 0.3 is 0 Å². The summed E-state index contributed by atoms with van der Waals surface area (Å²) in [5.74, 6) is 1.51. The lowest BCUT2D eigenvalue weighted by Crippen LogP contribution is -2.36. The molecule has 0 bridgehead atoms. The summed E-state index contributed by atoms with van der Waals surface area (Å²) in [5.41, 5.74) is 0.641. The Labute approximate surface area is 133 Å². The van der Waals surface area contributed by atoms with E-state index in [9.17, 15) is 10.1 Å². The minimum absolute atomic E-state index is 0.0393. The van der Waals surface area contributed by atoms with Crippen LogP contribution in [0.2, 0.25) is 0 Å². The molecule has 116 valence electrons. The van der Waals surface area contributed by atoms with Crippen LogP contribution in [0.25, 0.3) is 0 Å². The molecular weight excluding hydrogens is 336 g/mol. The van der Waals surface area contributed by atoms with Gasteiger partial charge in [-0.3, -0.25) is 10.1 Å². The molecule has 0 atom stereocenters. The summed E-state index contributed by atoms with van der Waals surface area (Å²) < 4.78 is 0.670. The van der Waals surface area contributed by atoms with E-state index in [1.165, 1.54) is 19.0 Å². The van der Waals surface area contributed by atoms with E-state index < -0.39 is 4.92 Å². The van der Waals surface area contributed by atoms with E-state index >= 15 is 0 Å². The molecule has 0 radical (unpaired) electrons. The van der Waals surface area contributed by atoms with Gasteiger partial charge in [0.25, 0.3) is 5.69 Å². The number of rotatable bonds is 5. The van der Waals surface area contributed by atoms with Gasteiger partial charge in [0.15, 0.2) is 0 Å². The first-order chi connectivity index (χ1) is 9.99. The third kappa shape index (κ3) is 4.14. The van der Waals surface area contributed by atoms with Crippen molar-refractivity contribution in [3.8, 4) is 0 Å². The Bertz CT molecular complexity index is 516. The van der Waals surface area contributed by atoms with Crippen LogP contribution in [0.4, 0.5) is 11.5 Å². The second-order valence-electron chi connectivity index (χ2n) is 5.64. The Hall–Kier alpha value is -1.21. The molecule has 0 saturated carbocycles. The van der Waals surface area contributed by atoms with Crippen LogP contribution in [0.3, 0.4) is 0 Å². The summed E-state index contributed by atoms with van der Waals surface area (Å²) in [6, 6.07) is 0. The highest BCUT2D eigenvalue weighted by atomic mass is 79.9. The van der Waals surface area contributed by atoms with E-state index in [2.05, 4.69) is 38.1 Å². The first-order valence-corrected chi connectivity index (χ1v) is 8.04. The second kappa shape index (κ2) is 7.17. The van der Waals surface area contributed by atoms with Crippen molar-refractivity contribution in [2.24, 2.45) is 5.92 Å². The Morgan fingerprint density at radius 1 is 1.52 bits per heavy atom. The van der Waals surface area contributed by atoms with Crippen molar-refractivity contribution < 1.29 is 4.92 Å². The van der Waals surface area contributed by atoms with Gasteiger partial charge in [-0.1, -0.05) is 6.92 Å². The van der Waals surface area contributed by atoms with Crippen molar-refractivity contribution in [2.45, 2.75) is 26.7 Å². The maximum atomic E-state index is 10.8. The van der Waals surface area contributed by atoms with Crippen LogP contribution in [0.5, 0.6) is 0 Å². The second-order valence-corrected chi connectivity index (χ2v) is 6.43. The van der Waals surface area contributed by atoms with Gasteiger partial charge in [-0.25, -0.2) is 4.98 Å². The number of piperidine rings is 1. The maximum Gasteiger partial charge on any atom is 0.291 e. The van der Waals surface area contributed by atoms with Crippen molar-refractivity contribution in [3.05, 3.63) is 26.3 Å². The summed E-state index contributed by atoms with van der Waals surface area (Å²) in [4.78, 5) is 17.0. The third-order valence-electron chi connectivity index (χ3n) is 4.03. The predicted octanol–water partition coefficient (Wildman–Crippen LogP) is 3.20. The first kappa shape index (κ1) is 16.2. The molecule has 21 heavy (non-hydrogen) atoms. The van der Waals surface area contributed by atoms with Crippen LogP contribution in [0.15, 0.2) is 10.7 Å². The fourth-order valence-electron chi connectivity index (χ4n) is 2.49. The van der Waals surface area contributed by atoms with E-state index in [0.29, 0.717) is 15.9 Å². The Kier molecular flexibility index (Phi) is 5.52. The lowest BCUT2D eigenvalue weighted by atomic mass is 9.99. The van der Waals surface area contributed by atoms with Crippen LogP contribution in [0, 0.1) is 23.0 Å². The summed E-state index contributed by atoms with van der Waals surface area (Å²) in [6.07, 6.45) is 3.84. The zero-order chi connectivity index (χ0) is 15.4. The summed E-state index contributed by atoms with van der Waals surface area (Å²) in [6.45, 7) is 8.08. The van der Waals surface area contributed by atoms with Gasteiger partial charge in [-0.05, 0) is 54.7 Å². The molecule has 1 N–H and O–H groups in total. The summed E-state index contributed by atoms with van der Waals surface area (Å²) >= 11 is 3.39. The molecule has 1 aliphatic heterocycles. The van der Waals surface area contributed by atoms with Crippen molar-refractivity contribution in [2.75, 3.05) is 31.5 Å². The molecule has 6 nitrogen and oxygen atoms in total. The van der Waals surface area contributed by atoms with Gasteiger partial charge in [-0.2, -0.15) is 0 Å². The minimum Gasteiger partial charge on any atom is -0.368 e. The van der Waals surface area contributed by atoms with Crippen LogP contribution in [-0.2, 0) is 0 Å². The van der Waals surface area contributed by atoms with E-state index in [1.807, 2.05) is 0 Å². The smallest absolute Gasteiger partial charge is 0.291 e. The Balaban J connectivity index is 1.89. The molecule has 2 rings (SSSR count). The average molecular weight is 357 g/mol. The quantitative estimate of drug-likeness (QED) is 0.647. The van der Waals surface area contributed by atoms with Gasteiger partial charge in [0, 0.05) is 18.7 Å². The molecular formula is C14H21BrN4O2. The monoisotopic (exact) mass is 356 g/mol. The van der Waals surface area contributed by atoms with Gasteiger partial charge in [0.1, 0.15) is 12.0 Å². The average Bonchev–Trinajstić information content (AvgIpc) is 2.45. The van der Waals surface area contributed by atoms with Gasteiger partial charge in [0.2, 0.25) is 0 Å². The number of nitro groups is 1. The lowest BCUT2D eigenvalue weighted by Gasteiger charge is -2.30. The number of halogens is 1. The summed E-state index contributed by atoms with van der Waals surface area (Å²) in [5, 5.41) is 14.1. The molecule has 1 aromatic heterocycles. The number of nitrogens with zero attached hydrogens (tertiary/aromatic N) is 3. The molecule has 1 aromatic rings. The molecule has 0 aliphatic carbocycles. The largest absolute Gasteiger partial charge is 0.368 e. The van der Waals surface area contributed by atoms with E-state index in [4.69, 9.17) is 0 Å². The van der Waals surface area contributed by atoms with E-state index in [1.54, 1.807) is 6.92 Å². The number of aromatic nitrogens is 1. The predicted molar refractivity (Wildman–Crippen MR) is 86.7 cm³/mol. The molecule has 0 amide bonds. The maximum absolute atomic E-state index is 10.8. The number of hydrogen-bond donors (Lipinski definition) is 1. The molecule has 2 heterocycles. The first-order valence-electron chi connectivity index (χ1n) is 7.24. The SMILES string of the molecule is Cc1c([N+](=O)[O-])cnc(NCCN2CCC(C)CC2)c1Br. The van der Waals surface area contributed by atoms with E-state index in [0.717, 1.165) is 32.1 Å². The molecule has 1 saturated heterocycles. The van der Waals surface area contributed by atoms with E-state index in [-0.39, 0.29) is 5.69 Å². The minimum atomic E-state index is -0.411. The van der Waals surface area contributed by atoms with Crippen molar-refractivity contribution in [1.82, 2.24) is 9.88 Å². The highest BCUT2D eigenvalue weighted by Crippen LogP contribution is 2.30. The van der Waals surface area contributed by atoms with Crippen LogP contribution < -0.4 is 5.32 Å². The fraction of sp³-hybridized carbons (Fsp3) is 0.643. The molecule has 0 spiro atoms. The van der Waals surface area contributed by atoms with Crippen molar-refractivity contribution >= 4 is 27.4 Å². The number of likely N-dealkylation sites (tertiary alicyclic amines) is 1. The highest BCUT2D eigenvalue weighted by Gasteiger charge is 2.18. The molecule has 0 aromatic carbocycles. The number of nitrogens with one attached hydrogen (secondary N) is 1. The topological polar surface area (TPSA) is 71.3 Å². The van der Waals surface area contributed by atoms with Gasteiger partial charge in [-0.15, -0.1) is 0 Å². The normalized spacial score (nSPS) is 16.9. The summed E-state index contributed by atoms with van der Waals surface area (Å²) in [7, 11) is 0. The number of hydrogen-bond acceptors (Lipinski definition) is 5. The third-order valence-corrected chi connectivity index (χ3v) is 5.00. The molecule has 1 aliphatic rings. The highest BCUT2D eigenvalue weighted by molar-refractivity contribution is 9.10. The van der Waals surface area contributed by atoms with Crippen LogP contribution in [-0.4, -0.2) is 41.0 Å². The number of pyridine rings is 1. The standard InChI is InChI=1S/C14H21BrN4O2/c1-10-3-6-18(7-4-10)8-5-16-14-13(15)11(2)12(9-17-14)19(20)21/h9-10H,3-8H2,1-2H3,(H,16,17). The van der Waals surface area contributed by atoms with Crippen LogP contribution in [0.1, 0.15) is 25.3 Å². The lowest BCUT2D eigenvalue weighted by molar-refractivity contribution is -0.385. The zero-order valence-electron chi connectivity index (χ0n) is 12.4. The Morgan fingerprint density at radius 3 is 2.81 bits per heavy atom. The zero-order valence-corrected chi connectivity index (χ0v) is 14.0. The number of anilines is 1. The van der Waals surface area contributed by atoms with Gasteiger partial charge in [0.05, 0.1) is 9.40 Å². The van der Waals surface area contributed by atoms with Crippen molar-refractivity contribution in [3.63, 3.8) is 0 Å². The molecule has 1 fully saturated rings. The van der Waals surface area contributed by atoms with Crippen molar-refractivity contribution in [1.29, 1.82) is 0 Å². The fourth-order valence-corrected chi connectivity index (χ4v) is 2.94. The molecule has 0 unspecified atom stereocenters. The van der Waals surface area contributed by atoms with Gasteiger partial charge < -0.3 is 10.2 Å². The van der Waals surface area contributed by atoms with Crippen LogP contribution >= 0.6 is 15.9 Å². The molecule has 7 heteroatoms. The Morgan fingerprint density at radius 2 is 2.19 bits per heavy atom.